The molecule has 5 nitrogen and oxygen atoms in total. The van der Waals surface area contributed by atoms with Crippen LogP contribution in [0.2, 0.25) is 0 Å². The molecule has 1 aromatic heterocycles. The van der Waals surface area contributed by atoms with Gasteiger partial charge in [-0.15, -0.1) is 0 Å². The molecule has 0 bridgehead atoms. The molecule has 3 rings (SSSR count). The highest BCUT2D eigenvalue weighted by Gasteiger charge is 2.26. The smallest absolute Gasteiger partial charge is 0.225 e. The number of carbonyl (C=O) groups is 1. The number of hydrogen-bond acceptors (Lipinski definition) is 5. The summed E-state index contributed by atoms with van der Waals surface area (Å²) in [4.78, 5) is 22.6. The number of aromatic nitrogens is 2. The van der Waals surface area contributed by atoms with Crippen molar-refractivity contribution in [3.63, 3.8) is 0 Å². The lowest BCUT2D eigenvalue weighted by molar-refractivity contribution is -0.117. The van der Waals surface area contributed by atoms with Crippen LogP contribution in [0.5, 0.6) is 5.75 Å². The number of carbonyl (C=O) groups excluding carboxylic acids is 1. The van der Waals surface area contributed by atoms with Crippen LogP contribution >= 0.6 is 0 Å². The molecule has 1 saturated heterocycles. The van der Waals surface area contributed by atoms with Crippen molar-refractivity contribution in [2.75, 3.05) is 18.0 Å². The summed E-state index contributed by atoms with van der Waals surface area (Å²) in [6, 6.07) is 8.13. The molecule has 0 N–H and O–H groups in total. The quantitative estimate of drug-likeness (QED) is 0.737. The number of hydrogen-bond donors (Lipinski definition) is 0. The van der Waals surface area contributed by atoms with E-state index in [2.05, 4.69) is 54.7 Å². The monoisotopic (exact) mass is 381 g/mol. The highest BCUT2D eigenvalue weighted by molar-refractivity contribution is 5.76. The zero-order valence-corrected chi connectivity index (χ0v) is 17.6. The second kappa shape index (κ2) is 8.29. The molecule has 1 fully saturated rings. The van der Waals surface area contributed by atoms with Gasteiger partial charge in [-0.2, -0.15) is 0 Å². The van der Waals surface area contributed by atoms with Crippen molar-refractivity contribution in [2.24, 2.45) is 0 Å². The third kappa shape index (κ3) is 5.09. The van der Waals surface area contributed by atoms with Crippen molar-refractivity contribution in [3.05, 3.63) is 47.8 Å². The van der Waals surface area contributed by atoms with Crippen LogP contribution in [0, 0.1) is 0 Å². The van der Waals surface area contributed by atoms with Gasteiger partial charge in [-0.25, -0.2) is 9.97 Å². The Morgan fingerprint density at radius 2 is 1.86 bits per heavy atom. The summed E-state index contributed by atoms with van der Waals surface area (Å²) in [6.45, 7) is 11.9. The van der Waals surface area contributed by atoms with Crippen LogP contribution in [-0.2, 0) is 10.2 Å². The first kappa shape index (κ1) is 20.3. The fourth-order valence-electron chi connectivity index (χ4n) is 3.49. The maximum atomic E-state index is 11.3. The second-order valence-corrected chi connectivity index (χ2v) is 8.87. The van der Waals surface area contributed by atoms with Crippen LogP contribution < -0.4 is 9.64 Å². The van der Waals surface area contributed by atoms with Crippen molar-refractivity contribution < 1.29 is 9.53 Å². The van der Waals surface area contributed by atoms with E-state index in [-0.39, 0.29) is 23.2 Å². The van der Waals surface area contributed by atoms with E-state index < -0.39 is 0 Å². The fraction of sp³-hybridized carbons (Fsp3) is 0.522. The lowest BCUT2D eigenvalue weighted by Crippen LogP contribution is -2.26. The number of ketones is 1. The molecule has 0 unspecified atom stereocenters. The summed E-state index contributed by atoms with van der Waals surface area (Å²) in [5, 5.41) is 0. The molecule has 2 aromatic rings. The molecule has 1 aliphatic heterocycles. The number of nitrogens with zero attached hydrogens (tertiary/aromatic N) is 3. The van der Waals surface area contributed by atoms with E-state index in [0.717, 1.165) is 36.8 Å². The van der Waals surface area contributed by atoms with Gasteiger partial charge >= 0.3 is 0 Å². The minimum absolute atomic E-state index is 0.0588. The highest BCUT2D eigenvalue weighted by Crippen LogP contribution is 2.26. The predicted octanol–water partition coefficient (Wildman–Crippen LogP) is 4.51. The zero-order valence-electron chi connectivity index (χ0n) is 17.6. The van der Waals surface area contributed by atoms with Crippen molar-refractivity contribution in [2.45, 2.75) is 64.9 Å². The predicted molar refractivity (Wildman–Crippen MR) is 112 cm³/mol. The van der Waals surface area contributed by atoms with Gasteiger partial charge in [0, 0.05) is 31.8 Å². The number of anilines is 1. The Labute approximate surface area is 168 Å². The van der Waals surface area contributed by atoms with Gasteiger partial charge in [0.1, 0.15) is 17.6 Å². The maximum Gasteiger partial charge on any atom is 0.225 e. The van der Waals surface area contributed by atoms with Crippen LogP contribution in [0.3, 0.4) is 0 Å². The molecule has 0 aliphatic carbocycles. The number of ether oxygens (including phenoxy) is 1. The normalized spacial score (nSPS) is 18.2. The van der Waals surface area contributed by atoms with Gasteiger partial charge in [0.25, 0.3) is 0 Å². The first-order valence-corrected chi connectivity index (χ1v) is 10.1. The van der Waals surface area contributed by atoms with Gasteiger partial charge in [0.2, 0.25) is 5.95 Å². The summed E-state index contributed by atoms with van der Waals surface area (Å²) in [6.07, 6.45) is 5.51. The molecule has 0 amide bonds. The Morgan fingerprint density at radius 1 is 1.21 bits per heavy atom. The first-order chi connectivity index (χ1) is 13.2. The van der Waals surface area contributed by atoms with Crippen molar-refractivity contribution in [1.29, 1.82) is 0 Å². The van der Waals surface area contributed by atoms with Gasteiger partial charge in [-0.05, 0) is 41.5 Å². The Kier molecular flexibility index (Phi) is 6.01. The van der Waals surface area contributed by atoms with Crippen LogP contribution in [0.4, 0.5) is 5.95 Å². The van der Waals surface area contributed by atoms with E-state index in [0.29, 0.717) is 6.42 Å². The minimum atomic E-state index is 0.0588. The molecule has 0 saturated carbocycles. The van der Waals surface area contributed by atoms with Crippen molar-refractivity contribution in [1.82, 2.24) is 9.97 Å². The largest absolute Gasteiger partial charge is 0.489 e. The second-order valence-electron chi connectivity index (χ2n) is 8.87. The number of rotatable bonds is 6. The minimum Gasteiger partial charge on any atom is -0.489 e. The first-order valence-electron chi connectivity index (χ1n) is 10.1. The van der Waals surface area contributed by atoms with Crippen molar-refractivity contribution >= 4 is 11.7 Å². The van der Waals surface area contributed by atoms with E-state index in [1.165, 1.54) is 5.56 Å². The van der Waals surface area contributed by atoms with Gasteiger partial charge in [0.15, 0.2) is 0 Å². The van der Waals surface area contributed by atoms with Crippen LogP contribution in [0.15, 0.2) is 36.7 Å². The SMILES string of the molecule is CC(=O)C[C@@H](C)c1ccc(O[C@@H]2CCN(c3ncc(C(C)(C)C)cn3)C2)cc1. The van der Waals surface area contributed by atoms with Crippen LogP contribution in [-0.4, -0.2) is 34.9 Å². The summed E-state index contributed by atoms with van der Waals surface area (Å²) in [5.74, 6) is 2.10. The molecule has 5 heteroatoms. The van der Waals surface area contributed by atoms with Gasteiger partial charge in [-0.1, -0.05) is 39.8 Å². The van der Waals surface area contributed by atoms with Crippen molar-refractivity contribution in [3.8, 4) is 5.75 Å². The van der Waals surface area contributed by atoms with Gasteiger partial charge in [0.05, 0.1) is 6.54 Å². The lowest BCUT2D eigenvalue weighted by atomic mass is 9.89. The third-order valence-electron chi connectivity index (χ3n) is 5.28. The Bertz CT molecular complexity index is 794. The molecule has 0 radical (unpaired) electrons. The standard InChI is InChI=1S/C23H31N3O2/c1-16(12-17(2)27)18-6-8-20(9-7-18)28-21-10-11-26(15-21)22-24-13-19(14-25-22)23(3,4)5/h6-9,13-14,16,21H,10-12,15H2,1-5H3/t16-,21-/m1/s1. The van der Waals surface area contributed by atoms with E-state index in [9.17, 15) is 4.79 Å². The Hall–Kier alpha value is -2.43. The third-order valence-corrected chi connectivity index (χ3v) is 5.28. The number of benzene rings is 1. The number of Topliss-reactive ketones (excluding diaryl/α,β-unsaturated/α-hetero) is 1. The average Bonchev–Trinajstić information content (AvgIpc) is 3.09. The van der Waals surface area contributed by atoms with E-state index in [4.69, 9.17) is 4.74 Å². The van der Waals surface area contributed by atoms with E-state index in [1.807, 2.05) is 24.5 Å². The molecular formula is C23H31N3O2. The molecule has 2 atom stereocenters. The fourth-order valence-corrected chi connectivity index (χ4v) is 3.49. The summed E-state index contributed by atoms with van der Waals surface area (Å²) in [7, 11) is 0. The Morgan fingerprint density at radius 3 is 2.43 bits per heavy atom. The van der Waals surface area contributed by atoms with Crippen LogP contribution in [0.25, 0.3) is 0 Å². The van der Waals surface area contributed by atoms with E-state index in [1.54, 1.807) is 6.92 Å². The molecule has 1 aliphatic rings. The van der Waals surface area contributed by atoms with E-state index >= 15 is 0 Å². The maximum absolute atomic E-state index is 11.3. The topological polar surface area (TPSA) is 55.3 Å². The Balaban J connectivity index is 1.56. The molecule has 0 spiro atoms. The summed E-state index contributed by atoms with van der Waals surface area (Å²) < 4.78 is 6.16. The summed E-state index contributed by atoms with van der Waals surface area (Å²) in [5.41, 5.74) is 2.37. The van der Waals surface area contributed by atoms with Gasteiger partial charge < -0.3 is 14.4 Å². The summed E-state index contributed by atoms with van der Waals surface area (Å²) >= 11 is 0. The average molecular weight is 382 g/mol. The highest BCUT2D eigenvalue weighted by atomic mass is 16.5. The lowest BCUT2D eigenvalue weighted by Gasteiger charge is -2.20. The molecule has 1 aromatic carbocycles. The zero-order chi connectivity index (χ0) is 20.3. The molecule has 28 heavy (non-hydrogen) atoms. The van der Waals surface area contributed by atoms with Crippen LogP contribution in [0.1, 0.15) is 64.5 Å². The molecular weight excluding hydrogens is 350 g/mol. The molecule has 150 valence electrons. The van der Waals surface area contributed by atoms with Gasteiger partial charge in [-0.3, -0.25) is 0 Å². The molecule has 2 heterocycles.